The second-order valence-corrected chi connectivity index (χ2v) is 5.10. The van der Waals surface area contributed by atoms with Crippen LogP contribution in [-0.4, -0.2) is 5.91 Å². The predicted octanol–water partition coefficient (Wildman–Crippen LogP) is 4.61. The second kappa shape index (κ2) is 6.40. The van der Waals surface area contributed by atoms with Crippen molar-refractivity contribution in [1.82, 2.24) is 0 Å². The summed E-state index contributed by atoms with van der Waals surface area (Å²) in [5.74, 6) is -0.162. The van der Waals surface area contributed by atoms with E-state index < -0.39 is 0 Å². The molecule has 0 saturated carbocycles. The molecule has 0 aliphatic carbocycles. The molecule has 0 radical (unpaired) electrons. The van der Waals surface area contributed by atoms with Crippen LogP contribution in [0.4, 0.5) is 5.69 Å². The number of benzene rings is 2. The SMILES string of the molecule is Cc1ccc(NC(=O)/C=C/c2ccc(C)c(Cl)c2)cc1. The Kier molecular flexibility index (Phi) is 4.59. The van der Waals surface area contributed by atoms with E-state index in [1.165, 1.54) is 6.08 Å². The molecule has 0 heterocycles. The Hall–Kier alpha value is -2.06. The predicted molar refractivity (Wildman–Crippen MR) is 85.0 cm³/mol. The fourth-order valence-electron chi connectivity index (χ4n) is 1.71. The summed E-state index contributed by atoms with van der Waals surface area (Å²) in [5.41, 5.74) is 3.87. The number of rotatable bonds is 3. The molecule has 2 aromatic rings. The first kappa shape index (κ1) is 14.4. The van der Waals surface area contributed by atoms with E-state index in [4.69, 9.17) is 11.6 Å². The van der Waals surface area contributed by atoms with Crippen LogP contribution in [0.5, 0.6) is 0 Å². The highest BCUT2D eigenvalue weighted by Gasteiger charge is 1.98. The third kappa shape index (κ3) is 3.97. The van der Waals surface area contributed by atoms with Crippen molar-refractivity contribution in [3.8, 4) is 0 Å². The van der Waals surface area contributed by atoms with Crippen LogP contribution >= 0.6 is 11.6 Å². The molecule has 0 bridgehead atoms. The first-order valence-electron chi connectivity index (χ1n) is 6.36. The van der Waals surface area contributed by atoms with Crippen LogP contribution in [0.2, 0.25) is 5.02 Å². The molecule has 0 aromatic heterocycles. The maximum atomic E-state index is 11.8. The van der Waals surface area contributed by atoms with Crippen LogP contribution in [0.3, 0.4) is 0 Å². The molecule has 102 valence electrons. The minimum absolute atomic E-state index is 0.162. The number of nitrogens with one attached hydrogen (secondary N) is 1. The van der Waals surface area contributed by atoms with Crippen LogP contribution in [-0.2, 0) is 4.79 Å². The van der Waals surface area contributed by atoms with Gasteiger partial charge < -0.3 is 5.32 Å². The van der Waals surface area contributed by atoms with Crippen LogP contribution in [0.25, 0.3) is 6.08 Å². The second-order valence-electron chi connectivity index (χ2n) is 4.70. The van der Waals surface area contributed by atoms with E-state index in [-0.39, 0.29) is 5.91 Å². The zero-order chi connectivity index (χ0) is 14.5. The number of hydrogen-bond donors (Lipinski definition) is 1. The smallest absolute Gasteiger partial charge is 0.248 e. The van der Waals surface area contributed by atoms with Crippen LogP contribution in [0, 0.1) is 13.8 Å². The Morgan fingerprint density at radius 3 is 2.45 bits per heavy atom. The van der Waals surface area contributed by atoms with Crippen LogP contribution in [0.15, 0.2) is 48.5 Å². The highest BCUT2D eigenvalue weighted by atomic mass is 35.5. The normalized spacial score (nSPS) is 10.8. The van der Waals surface area contributed by atoms with Crippen LogP contribution < -0.4 is 5.32 Å². The van der Waals surface area contributed by atoms with Gasteiger partial charge in [-0.3, -0.25) is 4.79 Å². The third-order valence-corrected chi connectivity index (χ3v) is 3.35. The van der Waals surface area contributed by atoms with Gasteiger partial charge in [0.15, 0.2) is 0 Å². The highest BCUT2D eigenvalue weighted by molar-refractivity contribution is 6.31. The van der Waals surface area contributed by atoms with Gasteiger partial charge in [0, 0.05) is 16.8 Å². The molecule has 0 saturated heterocycles. The minimum Gasteiger partial charge on any atom is -0.323 e. The lowest BCUT2D eigenvalue weighted by molar-refractivity contribution is -0.111. The lowest BCUT2D eigenvalue weighted by Gasteiger charge is -2.02. The molecule has 0 spiro atoms. The van der Waals surface area contributed by atoms with Crippen molar-refractivity contribution < 1.29 is 4.79 Å². The highest BCUT2D eigenvalue weighted by Crippen LogP contribution is 2.17. The summed E-state index contributed by atoms with van der Waals surface area (Å²) in [6.45, 7) is 3.95. The van der Waals surface area contributed by atoms with E-state index in [1.807, 2.05) is 56.3 Å². The molecule has 2 aromatic carbocycles. The summed E-state index contributed by atoms with van der Waals surface area (Å²) in [6.07, 6.45) is 3.25. The zero-order valence-corrected chi connectivity index (χ0v) is 12.2. The van der Waals surface area contributed by atoms with Gasteiger partial charge in [0.1, 0.15) is 0 Å². The van der Waals surface area contributed by atoms with E-state index in [0.29, 0.717) is 5.02 Å². The Balaban J connectivity index is 2.01. The van der Waals surface area contributed by atoms with Gasteiger partial charge in [-0.05, 0) is 49.2 Å². The van der Waals surface area contributed by atoms with Gasteiger partial charge in [0.2, 0.25) is 5.91 Å². The van der Waals surface area contributed by atoms with Crippen molar-refractivity contribution in [2.24, 2.45) is 0 Å². The maximum absolute atomic E-state index is 11.8. The van der Waals surface area contributed by atoms with Gasteiger partial charge in [-0.25, -0.2) is 0 Å². The summed E-state index contributed by atoms with van der Waals surface area (Å²) < 4.78 is 0. The molecular formula is C17H16ClNO. The van der Waals surface area contributed by atoms with Crippen molar-refractivity contribution in [2.75, 3.05) is 5.32 Å². The Morgan fingerprint density at radius 2 is 1.80 bits per heavy atom. The minimum atomic E-state index is -0.162. The van der Waals surface area contributed by atoms with Crippen molar-refractivity contribution in [1.29, 1.82) is 0 Å². The maximum Gasteiger partial charge on any atom is 0.248 e. The molecule has 0 fully saturated rings. The van der Waals surface area contributed by atoms with Crippen LogP contribution in [0.1, 0.15) is 16.7 Å². The van der Waals surface area contributed by atoms with Gasteiger partial charge >= 0.3 is 0 Å². The summed E-state index contributed by atoms with van der Waals surface area (Å²) in [7, 11) is 0. The lowest BCUT2D eigenvalue weighted by Crippen LogP contribution is -2.07. The van der Waals surface area contributed by atoms with E-state index in [0.717, 1.165) is 22.4 Å². The average Bonchev–Trinajstić information content (AvgIpc) is 2.43. The Labute approximate surface area is 124 Å². The molecule has 0 aliphatic rings. The number of anilines is 1. The topological polar surface area (TPSA) is 29.1 Å². The third-order valence-electron chi connectivity index (χ3n) is 2.94. The fourth-order valence-corrected chi connectivity index (χ4v) is 1.89. The summed E-state index contributed by atoms with van der Waals surface area (Å²) in [6, 6.07) is 13.4. The van der Waals surface area contributed by atoms with Crippen molar-refractivity contribution >= 4 is 29.3 Å². The lowest BCUT2D eigenvalue weighted by atomic mass is 10.1. The molecule has 0 atom stereocenters. The summed E-state index contributed by atoms with van der Waals surface area (Å²) in [5, 5.41) is 3.51. The fraction of sp³-hybridized carbons (Fsp3) is 0.118. The van der Waals surface area contributed by atoms with Gasteiger partial charge in [-0.1, -0.05) is 41.4 Å². The van der Waals surface area contributed by atoms with E-state index in [9.17, 15) is 4.79 Å². The van der Waals surface area contributed by atoms with Crippen molar-refractivity contribution in [2.45, 2.75) is 13.8 Å². The molecule has 0 aliphatic heterocycles. The van der Waals surface area contributed by atoms with Gasteiger partial charge in [-0.2, -0.15) is 0 Å². The molecule has 3 heteroatoms. The standard InChI is InChI=1S/C17H16ClNO/c1-12-3-8-15(9-4-12)19-17(20)10-7-14-6-5-13(2)16(18)11-14/h3-11H,1-2H3,(H,19,20)/b10-7+. The average molecular weight is 286 g/mol. The van der Waals surface area contributed by atoms with E-state index in [2.05, 4.69) is 5.32 Å². The largest absolute Gasteiger partial charge is 0.323 e. The number of carbonyl (C=O) groups excluding carboxylic acids is 1. The number of amides is 1. The van der Waals surface area contributed by atoms with Crippen molar-refractivity contribution in [3.63, 3.8) is 0 Å². The molecule has 0 unspecified atom stereocenters. The van der Waals surface area contributed by atoms with E-state index >= 15 is 0 Å². The van der Waals surface area contributed by atoms with E-state index in [1.54, 1.807) is 6.08 Å². The Morgan fingerprint density at radius 1 is 1.10 bits per heavy atom. The molecular weight excluding hydrogens is 270 g/mol. The monoisotopic (exact) mass is 285 g/mol. The summed E-state index contributed by atoms with van der Waals surface area (Å²) >= 11 is 6.04. The summed E-state index contributed by atoms with van der Waals surface area (Å²) in [4.78, 5) is 11.8. The molecule has 2 rings (SSSR count). The zero-order valence-electron chi connectivity index (χ0n) is 11.5. The van der Waals surface area contributed by atoms with Gasteiger partial charge in [-0.15, -0.1) is 0 Å². The number of carbonyl (C=O) groups is 1. The molecule has 1 N–H and O–H groups in total. The molecule has 1 amide bonds. The first-order chi connectivity index (χ1) is 9.54. The molecule has 2 nitrogen and oxygen atoms in total. The Bertz CT molecular complexity index is 645. The van der Waals surface area contributed by atoms with Gasteiger partial charge in [0.25, 0.3) is 0 Å². The van der Waals surface area contributed by atoms with Gasteiger partial charge in [0.05, 0.1) is 0 Å². The molecule has 20 heavy (non-hydrogen) atoms. The first-order valence-corrected chi connectivity index (χ1v) is 6.74. The van der Waals surface area contributed by atoms with Crippen molar-refractivity contribution in [3.05, 3.63) is 70.3 Å². The quantitative estimate of drug-likeness (QED) is 0.820. The number of aryl methyl sites for hydroxylation is 2. The number of halogens is 1. The number of hydrogen-bond acceptors (Lipinski definition) is 1.